The van der Waals surface area contributed by atoms with Crippen molar-refractivity contribution < 1.29 is 5.11 Å². The Hall–Kier alpha value is -1.65. The van der Waals surface area contributed by atoms with Gasteiger partial charge < -0.3 is 10.4 Å². The lowest BCUT2D eigenvalue weighted by Gasteiger charge is -2.30. The predicted molar refractivity (Wildman–Crippen MR) is 87.4 cm³/mol. The summed E-state index contributed by atoms with van der Waals surface area (Å²) in [4.78, 5) is 0. The average molecular weight is 299 g/mol. The Bertz CT molecular complexity index is 595. The molecule has 2 unspecified atom stereocenters. The van der Waals surface area contributed by atoms with Gasteiger partial charge in [0.15, 0.2) is 0 Å². The van der Waals surface area contributed by atoms with E-state index in [9.17, 15) is 5.11 Å². The summed E-state index contributed by atoms with van der Waals surface area (Å²) in [5.41, 5.74) is 2.48. The maximum absolute atomic E-state index is 9.60. The van der Waals surface area contributed by atoms with Crippen LogP contribution in [0.4, 0.5) is 0 Å². The minimum atomic E-state index is 0.0278. The van der Waals surface area contributed by atoms with Crippen molar-refractivity contribution in [3.8, 4) is 0 Å². The van der Waals surface area contributed by atoms with Crippen molar-refractivity contribution in [1.82, 2.24) is 15.1 Å². The first-order chi connectivity index (χ1) is 10.7. The maximum Gasteiger partial charge on any atom is 0.0659 e. The predicted octanol–water partition coefficient (Wildman–Crippen LogP) is 2.57. The lowest BCUT2D eigenvalue weighted by molar-refractivity contribution is 0.118. The summed E-state index contributed by atoms with van der Waals surface area (Å²) in [6.45, 7) is 4.06. The van der Waals surface area contributed by atoms with E-state index in [1.165, 1.54) is 17.5 Å². The number of nitrogens with one attached hydrogen (secondary N) is 1. The molecule has 0 bridgehead atoms. The van der Waals surface area contributed by atoms with Crippen LogP contribution in [0, 0.1) is 5.41 Å². The quantitative estimate of drug-likeness (QED) is 0.862. The second-order valence-corrected chi connectivity index (χ2v) is 6.67. The van der Waals surface area contributed by atoms with Crippen LogP contribution in [0.25, 0.3) is 0 Å². The van der Waals surface area contributed by atoms with Crippen LogP contribution in [0.1, 0.15) is 37.3 Å². The Morgan fingerprint density at radius 2 is 2.14 bits per heavy atom. The number of nitrogens with zero attached hydrogens (tertiary/aromatic N) is 2. The van der Waals surface area contributed by atoms with Crippen molar-refractivity contribution in [3.63, 3.8) is 0 Å². The van der Waals surface area contributed by atoms with Crippen LogP contribution in [0.5, 0.6) is 0 Å². The van der Waals surface area contributed by atoms with Crippen molar-refractivity contribution >= 4 is 0 Å². The number of benzene rings is 1. The van der Waals surface area contributed by atoms with Crippen LogP contribution < -0.4 is 5.32 Å². The van der Waals surface area contributed by atoms with E-state index in [0.29, 0.717) is 6.04 Å². The van der Waals surface area contributed by atoms with Gasteiger partial charge in [-0.1, -0.05) is 43.7 Å². The molecule has 0 saturated heterocycles. The van der Waals surface area contributed by atoms with Gasteiger partial charge in [-0.15, -0.1) is 0 Å². The fourth-order valence-corrected chi connectivity index (χ4v) is 3.37. The minimum absolute atomic E-state index is 0.0278. The summed E-state index contributed by atoms with van der Waals surface area (Å²) < 4.78 is 1.98. The van der Waals surface area contributed by atoms with Gasteiger partial charge in [-0.2, -0.15) is 5.10 Å². The van der Waals surface area contributed by atoms with E-state index in [2.05, 4.69) is 47.8 Å². The molecular formula is C18H25N3O. The minimum Gasteiger partial charge on any atom is -0.396 e. The van der Waals surface area contributed by atoms with Gasteiger partial charge in [0.05, 0.1) is 12.7 Å². The third kappa shape index (κ3) is 3.39. The smallest absolute Gasteiger partial charge is 0.0659 e. The standard InChI is InChI=1S/C18H25N3O/c1-18(14-22)9-5-8-17(18)19-10-16-11-20-21(13-16)12-15-6-3-2-4-7-15/h2-4,6-7,11,13,17,19,22H,5,8-10,12,14H2,1H3. The molecule has 2 atom stereocenters. The number of hydrogen-bond donors (Lipinski definition) is 2. The summed E-state index contributed by atoms with van der Waals surface area (Å²) >= 11 is 0. The highest BCUT2D eigenvalue weighted by molar-refractivity contribution is 5.15. The Morgan fingerprint density at radius 1 is 1.32 bits per heavy atom. The van der Waals surface area contributed by atoms with Gasteiger partial charge >= 0.3 is 0 Å². The third-order valence-corrected chi connectivity index (χ3v) is 4.87. The maximum atomic E-state index is 9.60. The molecule has 0 spiro atoms. The molecule has 4 nitrogen and oxygen atoms in total. The topological polar surface area (TPSA) is 50.1 Å². The first-order valence-electron chi connectivity index (χ1n) is 8.09. The van der Waals surface area contributed by atoms with E-state index in [4.69, 9.17) is 0 Å². The van der Waals surface area contributed by atoms with Crippen molar-refractivity contribution in [2.45, 2.75) is 45.3 Å². The van der Waals surface area contributed by atoms with Crippen LogP contribution in [0.15, 0.2) is 42.7 Å². The molecule has 1 saturated carbocycles. The van der Waals surface area contributed by atoms with E-state index >= 15 is 0 Å². The third-order valence-electron chi connectivity index (χ3n) is 4.87. The molecule has 1 aliphatic carbocycles. The molecule has 118 valence electrons. The summed E-state index contributed by atoms with van der Waals surface area (Å²) in [6.07, 6.45) is 7.48. The monoisotopic (exact) mass is 299 g/mol. The van der Waals surface area contributed by atoms with E-state index in [-0.39, 0.29) is 12.0 Å². The molecule has 2 N–H and O–H groups in total. The molecule has 0 radical (unpaired) electrons. The fourth-order valence-electron chi connectivity index (χ4n) is 3.37. The summed E-state index contributed by atoms with van der Waals surface area (Å²) in [6, 6.07) is 10.8. The Balaban J connectivity index is 1.56. The largest absolute Gasteiger partial charge is 0.396 e. The van der Waals surface area contributed by atoms with Crippen LogP contribution >= 0.6 is 0 Å². The lowest BCUT2D eigenvalue weighted by Crippen LogP contribution is -2.41. The van der Waals surface area contributed by atoms with Gasteiger partial charge in [-0.3, -0.25) is 4.68 Å². The molecule has 1 fully saturated rings. The number of aliphatic hydroxyl groups is 1. The summed E-state index contributed by atoms with van der Waals surface area (Å²) in [7, 11) is 0. The molecular weight excluding hydrogens is 274 g/mol. The van der Waals surface area contributed by atoms with Gasteiger partial charge in [0.1, 0.15) is 0 Å². The van der Waals surface area contributed by atoms with Gasteiger partial charge in [0.25, 0.3) is 0 Å². The Labute approximate surface area is 132 Å². The van der Waals surface area contributed by atoms with E-state index in [0.717, 1.165) is 25.9 Å². The molecule has 4 heteroatoms. The normalized spacial score (nSPS) is 24.7. The second kappa shape index (κ2) is 6.63. The molecule has 1 aliphatic rings. The van der Waals surface area contributed by atoms with E-state index < -0.39 is 0 Å². The van der Waals surface area contributed by atoms with Crippen LogP contribution in [0.3, 0.4) is 0 Å². The van der Waals surface area contributed by atoms with Crippen molar-refractivity contribution in [2.75, 3.05) is 6.61 Å². The highest BCUT2D eigenvalue weighted by atomic mass is 16.3. The molecule has 0 amide bonds. The van der Waals surface area contributed by atoms with Gasteiger partial charge in [-0.25, -0.2) is 0 Å². The molecule has 1 heterocycles. The van der Waals surface area contributed by atoms with Crippen LogP contribution in [-0.2, 0) is 13.1 Å². The number of hydrogen-bond acceptors (Lipinski definition) is 3. The number of aromatic nitrogens is 2. The van der Waals surface area contributed by atoms with Crippen molar-refractivity contribution in [2.24, 2.45) is 5.41 Å². The van der Waals surface area contributed by atoms with Crippen molar-refractivity contribution in [3.05, 3.63) is 53.9 Å². The molecule has 1 aromatic heterocycles. The molecule has 3 rings (SSSR count). The Morgan fingerprint density at radius 3 is 2.91 bits per heavy atom. The Kier molecular flexibility index (Phi) is 4.60. The highest BCUT2D eigenvalue weighted by Gasteiger charge is 2.37. The highest BCUT2D eigenvalue weighted by Crippen LogP contribution is 2.37. The molecule has 1 aromatic carbocycles. The van der Waals surface area contributed by atoms with Crippen molar-refractivity contribution in [1.29, 1.82) is 0 Å². The zero-order valence-electron chi connectivity index (χ0n) is 13.2. The zero-order chi connectivity index (χ0) is 15.4. The van der Waals surface area contributed by atoms with Gasteiger partial charge in [-0.05, 0) is 18.4 Å². The molecule has 22 heavy (non-hydrogen) atoms. The number of rotatable bonds is 6. The van der Waals surface area contributed by atoms with Gasteiger partial charge in [0, 0.05) is 36.4 Å². The summed E-state index contributed by atoms with van der Waals surface area (Å²) in [5.74, 6) is 0. The average Bonchev–Trinajstić information content (AvgIpc) is 3.13. The fraction of sp³-hybridized carbons (Fsp3) is 0.500. The summed E-state index contributed by atoms with van der Waals surface area (Å²) in [5, 5.41) is 17.6. The van der Waals surface area contributed by atoms with Crippen LogP contribution in [-0.4, -0.2) is 27.5 Å². The number of aliphatic hydroxyl groups excluding tert-OH is 1. The second-order valence-electron chi connectivity index (χ2n) is 6.67. The zero-order valence-corrected chi connectivity index (χ0v) is 13.2. The van der Waals surface area contributed by atoms with E-state index in [1.54, 1.807) is 0 Å². The SMILES string of the molecule is CC1(CO)CCCC1NCc1cnn(Cc2ccccc2)c1. The lowest BCUT2D eigenvalue weighted by atomic mass is 9.86. The van der Waals surface area contributed by atoms with E-state index in [1.807, 2.05) is 16.9 Å². The first-order valence-corrected chi connectivity index (χ1v) is 8.09. The molecule has 2 aromatic rings. The van der Waals surface area contributed by atoms with Gasteiger partial charge in [0.2, 0.25) is 0 Å². The molecule has 0 aliphatic heterocycles. The first kappa shape index (κ1) is 15.3. The van der Waals surface area contributed by atoms with Crippen LogP contribution in [0.2, 0.25) is 0 Å².